The molecule has 2 bridgehead atoms. The Balaban J connectivity index is 1.40. The maximum absolute atomic E-state index is 15.3. The molecule has 43 nitrogen and oxygen atoms in total. The average Bonchev–Trinajstić information content (AvgIpc) is 1.61. The summed E-state index contributed by atoms with van der Waals surface area (Å²) in [6, 6.07) is -0.573. The number of ether oxygens (including phenoxy) is 2. The molecular formula is C84H107N17O26S. The van der Waals surface area contributed by atoms with Gasteiger partial charge in [0.2, 0.25) is 76.7 Å². The van der Waals surface area contributed by atoms with Crippen LogP contribution in [0.5, 0.6) is 17.2 Å². The number of carboxylic acids is 1. The lowest BCUT2D eigenvalue weighted by atomic mass is 10.0. The summed E-state index contributed by atoms with van der Waals surface area (Å²) in [4.78, 5) is 120. The van der Waals surface area contributed by atoms with Gasteiger partial charge in [-0.2, -0.15) is 11.8 Å². The zero-order chi connectivity index (χ0) is 93.4. The molecule has 44 heteroatoms. The number of esters is 2. The first kappa shape index (κ1) is 99.5. The van der Waals surface area contributed by atoms with Gasteiger partial charge < -0.3 is 121 Å². The standard InChI is InChI=1S/C84H107N17O26S/c1-43-71(100-79(119)60(38-66(85)107)90-68(109)41-88-72(112)58(89-44(2)103)34-45-14-20-49(104)21-15-45)82(122)94-57(30-33-128-4)76(116)91-54-12-7-8-31-86-67(108)28-26-55(75(115)98-63(84(124)125)36-47-18-24-51(106)25-19-47)92-74(114)56(27-29-69(110)126-3)93-77(117)59(37-48-40-87-53-11-6-5-10-52(48)53)95-78(118)61(39-70(111)127-43)96-80(120)64(42-102)99-81(121)65-13-9-32-101(65)83(123)62(97-73(54)113)35-46-16-22-50(105)23-17-46/h5-6,10-11,14-25,40,43,54-65,71,87,102,104-106H,7-9,12-13,26-39,41-42H2,1-4H3,(H2,85,107)(H,86,108)(H,88,112)(H,89,103)(H,90,109)(H,91,116)(H,92,114)(H,93,117)(H,94,122)(H,95,118)(H,96,120)(H,97,113)(H,98,115)(H,99,121)(H,100,119)(H,124,125)/t43-,54-,55?,56+,57-,58?,59-,60?,61?,62?,63?,64-,65-,71-/m0/s1. The number of phenolic OH excluding ortho intramolecular Hbond substituents is 3. The van der Waals surface area contributed by atoms with Crippen LogP contribution >= 0.6 is 11.8 Å². The Hall–Kier alpha value is -13.9. The van der Waals surface area contributed by atoms with Gasteiger partial charge in [0.05, 0.1) is 26.6 Å². The SMILES string of the molecule is COC(=O)CC[C@H]1N=C(O)[C@H](Cc2c[nH]c3ccccc23)N=C(O)C2CC(=O)O[C@@H](C)[C@H](N=C(O)C(CC(=N)O)N=C(O)CN=C(O)C(Cc3ccc(O)cc3)N=C(C)O)C(O)=N[C@@H](CCSC)C(O)=N[C@@H](CCCCN=C(O)CCC(C(O)=NC(Cc3ccc(O)cc3)C(=O)O)N=C1O)C(O)=NC(Cc1ccc(O)cc1)C(=O)N1CCC[C@H]1C(O)=N[C@@H](CO)C(O)=N2. The first-order valence-corrected chi connectivity index (χ1v) is 42.0. The van der Waals surface area contributed by atoms with Gasteiger partial charge in [-0.25, -0.2) is 69.7 Å². The molecule has 4 aromatic carbocycles. The van der Waals surface area contributed by atoms with E-state index in [0.29, 0.717) is 33.2 Å². The second kappa shape index (κ2) is 48.5. The van der Waals surface area contributed by atoms with Crippen LogP contribution in [0, 0.1) is 5.41 Å². The maximum atomic E-state index is 15.3. The Morgan fingerprint density at radius 1 is 0.609 bits per heavy atom. The second-order valence-electron chi connectivity index (χ2n) is 30.1. The number of aromatic amines is 1. The van der Waals surface area contributed by atoms with Gasteiger partial charge in [0.1, 0.15) is 90.3 Å². The fourth-order valence-electron chi connectivity index (χ4n) is 13.7. The number of H-pyrrole nitrogens is 1. The Morgan fingerprint density at radius 2 is 1.19 bits per heavy atom. The van der Waals surface area contributed by atoms with Gasteiger partial charge in [-0.1, -0.05) is 54.6 Å². The molecule has 0 aliphatic carbocycles. The second-order valence-corrected chi connectivity index (χ2v) is 31.0. The number of aliphatic carboxylic acids is 1. The normalized spacial score (nSPS) is 23.6. The summed E-state index contributed by atoms with van der Waals surface area (Å²) in [6.45, 7) is -0.233. The van der Waals surface area contributed by atoms with Gasteiger partial charge in [0.15, 0.2) is 35.8 Å². The molecule has 1 fully saturated rings. The number of rotatable bonds is 27. The Kier molecular flexibility index (Phi) is 37.7. The van der Waals surface area contributed by atoms with Crippen molar-refractivity contribution in [1.82, 2.24) is 9.88 Å². The molecule has 8 rings (SSSR count). The van der Waals surface area contributed by atoms with Crippen LogP contribution in [0.1, 0.15) is 113 Å². The molecule has 3 aliphatic rings. The number of thioether (sulfide) groups is 1. The number of carbonyl (C=O) groups excluding carboxylic acids is 3. The molecule has 1 amide bonds. The van der Waals surface area contributed by atoms with Gasteiger partial charge in [-0.15, -0.1) is 0 Å². The van der Waals surface area contributed by atoms with E-state index in [2.05, 4.69) is 74.9 Å². The van der Waals surface area contributed by atoms with E-state index in [4.69, 9.17) is 14.9 Å². The van der Waals surface area contributed by atoms with Crippen molar-refractivity contribution < 1.29 is 131 Å². The fourth-order valence-corrected chi connectivity index (χ4v) is 14.1. The number of fused-ring (bicyclic) bond motifs is 11. The Bertz CT molecular complexity index is 5100. The number of carboxylic acid groups (broad SMARTS) is 1. The molecule has 5 aromatic rings. The monoisotopic (exact) mass is 1800 g/mol. The first-order chi connectivity index (χ1) is 61.0. The molecule has 0 saturated carbocycles. The number of para-hydroxylation sites is 1. The third kappa shape index (κ3) is 30.4. The number of aromatic hydroxyl groups is 3. The van der Waals surface area contributed by atoms with Crippen molar-refractivity contribution in [3.8, 4) is 17.2 Å². The lowest BCUT2D eigenvalue weighted by molar-refractivity contribution is -0.148. The highest BCUT2D eigenvalue weighted by Crippen LogP contribution is 2.28. The number of aliphatic imine (C=N–C) groups is 14. The van der Waals surface area contributed by atoms with Gasteiger partial charge in [0, 0.05) is 75.6 Å². The fraction of sp³-hybridized carbons (Fsp3) is 0.464. The highest BCUT2D eigenvalue weighted by atomic mass is 32.2. The van der Waals surface area contributed by atoms with E-state index in [9.17, 15) is 112 Å². The summed E-state index contributed by atoms with van der Waals surface area (Å²) in [5, 5.41) is 238. The van der Waals surface area contributed by atoms with Crippen LogP contribution in [0.25, 0.3) is 10.9 Å². The van der Waals surface area contributed by atoms with E-state index in [1.807, 2.05) is 0 Å². The smallest absolute Gasteiger partial charge is 0.328 e. The van der Waals surface area contributed by atoms with E-state index < -0.39 is 255 Å². The zero-order valence-electron chi connectivity index (χ0n) is 70.3. The third-order valence-electron chi connectivity index (χ3n) is 20.4. The number of hydrogen-bond acceptors (Lipinski definition) is 26. The van der Waals surface area contributed by atoms with E-state index in [1.165, 1.54) is 97.7 Å². The molecule has 22 N–H and O–H groups in total. The van der Waals surface area contributed by atoms with Gasteiger partial charge in [-0.05, 0) is 135 Å². The maximum Gasteiger partial charge on any atom is 0.328 e. The quantitative estimate of drug-likeness (QED) is 0.0133. The number of nitrogens with one attached hydrogen (secondary N) is 2. The number of methoxy groups -OCH3 is 1. The molecule has 0 radical (unpaired) electrons. The largest absolute Gasteiger partial charge is 0.508 e. The van der Waals surface area contributed by atoms with Crippen LogP contribution in [0.2, 0.25) is 0 Å². The van der Waals surface area contributed by atoms with Crippen molar-refractivity contribution in [2.24, 2.45) is 69.9 Å². The number of carbonyl (C=O) groups is 4. The van der Waals surface area contributed by atoms with Crippen molar-refractivity contribution in [2.75, 3.05) is 45.4 Å². The predicted molar refractivity (Wildman–Crippen MR) is 481 cm³/mol. The van der Waals surface area contributed by atoms with Crippen LogP contribution in [0.3, 0.4) is 0 Å². The highest BCUT2D eigenvalue weighted by Gasteiger charge is 2.40. The van der Waals surface area contributed by atoms with Crippen LogP contribution in [-0.4, -0.2) is 354 Å². The van der Waals surface area contributed by atoms with E-state index >= 15 is 9.59 Å². The van der Waals surface area contributed by atoms with Crippen molar-refractivity contribution in [1.29, 1.82) is 5.41 Å². The Labute approximate surface area is 737 Å². The van der Waals surface area contributed by atoms with E-state index in [0.717, 1.165) is 18.9 Å². The number of phenols is 3. The zero-order valence-corrected chi connectivity index (χ0v) is 71.1. The number of nitrogens with zero attached hydrogens (tertiary/aromatic N) is 15. The summed E-state index contributed by atoms with van der Waals surface area (Å²) >= 11 is 1.20. The average molecular weight is 1800 g/mol. The summed E-state index contributed by atoms with van der Waals surface area (Å²) in [7, 11) is 1.04. The van der Waals surface area contributed by atoms with Crippen LogP contribution in [0.4, 0.5) is 0 Å². The molecule has 14 atom stereocenters. The minimum Gasteiger partial charge on any atom is -0.508 e. The van der Waals surface area contributed by atoms with E-state index in [-0.39, 0.29) is 93.9 Å². The van der Waals surface area contributed by atoms with Crippen molar-refractivity contribution in [3.05, 3.63) is 126 Å². The number of aromatic nitrogens is 1. The summed E-state index contributed by atoms with van der Waals surface area (Å²) in [5.41, 5.74) is 2.03. The number of hydrogen-bond donors (Lipinski definition) is 22. The third-order valence-corrected chi connectivity index (χ3v) is 21.0. The topological polar surface area (TPSA) is 707 Å². The number of benzene rings is 4. The van der Waals surface area contributed by atoms with Gasteiger partial charge >= 0.3 is 17.9 Å². The lowest BCUT2D eigenvalue weighted by Gasteiger charge is -2.27. The molecule has 4 heterocycles. The number of aliphatic hydroxyl groups is 16. The van der Waals surface area contributed by atoms with Crippen molar-refractivity contribution in [2.45, 2.75) is 201 Å². The van der Waals surface area contributed by atoms with Gasteiger partial charge in [-0.3, -0.25) is 24.8 Å². The lowest BCUT2D eigenvalue weighted by Crippen LogP contribution is -2.46. The number of amides is 1. The van der Waals surface area contributed by atoms with E-state index in [1.54, 1.807) is 30.5 Å². The highest BCUT2D eigenvalue weighted by molar-refractivity contribution is 7.98. The van der Waals surface area contributed by atoms with Crippen LogP contribution in [0.15, 0.2) is 173 Å². The van der Waals surface area contributed by atoms with Crippen molar-refractivity contribution >= 4 is 135 Å². The Morgan fingerprint density at radius 3 is 1.82 bits per heavy atom. The molecule has 1 saturated heterocycles. The summed E-state index contributed by atoms with van der Waals surface area (Å²) in [6.07, 6.45) is -5.21. The summed E-state index contributed by atoms with van der Waals surface area (Å²) < 4.78 is 10.8. The first-order valence-electron chi connectivity index (χ1n) is 40.7. The molecule has 0 spiro atoms. The van der Waals surface area contributed by atoms with Crippen LogP contribution in [-0.2, 0) is 54.3 Å². The van der Waals surface area contributed by atoms with Gasteiger partial charge in [0.25, 0.3) is 0 Å². The molecule has 3 aliphatic heterocycles. The molecule has 6 unspecified atom stereocenters. The van der Waals surface area contributed by atoms with Crippen molar-refractivity contribution in [3.63, 3.8) is 0 Å². The molecule has 128 heavy (non-hydrogen) atoms. The summed E-state index contributed by atoms with van der Waals surface area (Å²) in [5.74, 6) is -20.4. The molecule has 690 valence electrons. The molecule has 1 aromatic heterocycles. The minimum absolute atomic E-state index is 0.00607. The predicted octanol–water partition coefficient (Wildman–Crippen LogP) is 8.39. The number of aliphatic hydroxyl groups excluding tert-OH is 16. The minimum atomic E-state index is -2.32. The molecular weight excluding hydrogens is 1700 g/mol. The van der Waals surface area contributed by atoms with Crippen LogP contribution < -0.4 is 0 Å².